The molecule has 0 unspecified atom stereocenters. The van der Waals surface area contributed by atoms with Crippen molar-refractivity contribution in [3.63, 3.8) is 0 Å². The molecule has 132 valence electrons. The lowest BCUT2D eigenvalue weighted by Gasteiger charge is -2.22. The molecule has 6 nitrogen and oxygen atoms in total. The average molecular weight is 460 g/mol. The van der Waals surface area contributed by atoms with Gasteiger partial charge in [-0.2, -0.15) is 0 Å². The Morgan fingerprint density at radius 1 is 1.33 bits per heavy atom. The fraction of sp³-hybridized carbons (Fsp3) is 0.438. The molecular weight excluding hydrogens is 435 g/mol. The van der Waals surface area contributed by atoms with Crippen LogP contribution in [-0.2, 0) is 20.1 Å². The Kier molecular flexibility index (Phi) is 9.12. The van der Waals surface area contributed by atoms with Crippen molar-refractivity contribution in [2.75, 3.05) is 19.8 Å². The standard InChI is InChI=1S/C16H24N6S.HI/c1-5-17-16(18-10-15-20-19-12-22(15)3)21(2)11-13-6-8-14(23-4)9-7-13;/h6-9,12H,5,10-11H2,1-4H3,(H,17,18);1H. The van der Waals surface area contributed by atoms with Crippen molar-refractivity contribution in [2.45, 2.75) is 24.9 Å². The summed E-state index contributed by atoms with van der Waals surface area (Å²) in [4.78, 5) is 8.05. The summed E-state index contributed by atoms with van der Waals surface area (Å²) < 4.78 is 1.88. The van der Waals surface area contributed by atoms with Gasteiger partial charge in [-0.3, -0.25) is 0 Å². The van der Waals surface area contributed by atoms with Crippen molar-refractivity contribution in [1.82, 2.24) is 25.0 Å². The van der Waals surface area contributed by atoms with Crippen molar-refractivity contribution < 1.29 is 0 Å². The van der Waals surface area contributed by atoms with Gasteiger partial charge in [0.2, 0.25) is 0 Å². The van der Waals surface area contributed by atoms with Gasteiger partial charge in [0.15, 0.2) is 11.8 Å². The summed E-state index contributed by atoms with van der Waals surface area (Å²) in [7, 11) is 3.97. The Balaban J connectivity index is 0.00000288. The maximum absolute atomic E-state index is 4.65. The Labute approximate surface area is 165 Å². The third-order valence-electron chi connectivity index (χ3n) is 3.45. The molecule has 0 saturated carbocycles. The average Bonchev–Trinajstić information content (AvgIpc) is 2.97. The number of aliphatic imine (C=N–C) groups is 1. The van der Waals surface area contributed by atoms with Gasteiger partial charge >= 0.3 is 0 Å². The van der Waals surface area contributed by atoms with E-state index in [0.29, 0.717) is 6.54 Å². The zero-order valence-corrected chi connectivity index (χ0v) is 17.7. The fourth-order valence-electron chi connectivity index (χ4n) is 2.15. The smallest absolute Gasteiger partial charge is 0.194 e. The van der Waals surface area contributed by atoms with Gasteiger partial charge < -0.3 is 14.8 Å². The quantitative estimate of drug-likeness (QED) is 0.311. The number of rotatable bonds is 6. The number of nitrogens with one attached hydrogen (secondary N) is 1. The van der Waals surface area contributed by atoms with E-state index in [4.69, 9.17) is 0 Å². The van der Waals surface area contributed by atoms with Crippen molar-refractivity contribution in [3.8, 4) is 0 Å². The van der Waals surface area contributed by atoms with Crippen molar-refractivity contribution in [3.05, 3.63) is 42.0 Å². The highest BCUT2D eigenvalue weighted by molar-refractivity contribution is 14.0. The molecule has 0 spiro atoms. The number of benzene rings is 1. The van der Waals surface area contributed by atoms with Gasteiger partial charge in [0.05, 0.1) is 0 Å². The summed E-state index contributed by atoms with van der Waals surface area (Å²) in [6, 6.07) is 8.62. The van der Waals surface area contributed by atoms with E-state index >= 15 is 0 Å². The molecule has 0 amide bonds. The van der Waals surface area contributed by atoms with E-state index in [9.17, 15) is 0 Å². The highest BCUT2D eigenvalue weighted by atomic mass is 127. The van der Waals surface area contributed by atoms with E-state index in [1.165, 1.54) is 10.5 Å². The van der Waals surface area contributed by atoms with Crippen LogP contribution in [0.15, 0.2) is 40.5 Å². The Morgan fingerprint density at radius 3 is 2.58 bits per heavy atom. The first-order valence-corrected chi connectivity index (χ1v) is 8.81. The molecule has 1 N–H and O–H groups in total. The zero-order valence-electron chi connectivity index (χ0n) is 14.6. The summed E-state index contributed by atoms with van der Waals surface area (Å²) in [6.07, 6.45) is 3.78. The lowest BCUT2D eigenvalue weighted by Crippen LogP contribution is -2.38. The van der Waals surface area contributed by atoms with E-state index in [1.807, 2.05) is 18.7 Å². The second-order valence-electron chi connectivity index (χ2n) is 5.23. The minimum absolute atomic E-state index is 0. The third kappa shape index (κ3) is 5.97. The number of aryl methyl sites for hydroxylation is 1. The van der Waals surface area contributed by atoms with Crippen LogP contribution in [0.2, 0.25) is 0 Å². The molecule has 0 radical (unpaired) electrons. The van der Waals surface area contributed by atoms with Gasteiger partial charge in [-0.1, -0.05) is 12.1 Å². The second kappa shape index (κ2) is 10.5. The topological polar surface area (TPSA) is 58.3 Å². The van der Waals surface area contributed by atoms with E-state index in [-0.39, 0.29) is 24.0 Å². The van der Waals surface area contributed by atoms with E-state index in [2.05, 4.69) is 62.9 Å². The van der Waals surface area contributed by atoms with Crippen LogP contribution in [0.4, 0.5) is 0 Å². The van der Waals surface area contributed by atoms with Crippen LogP contribution in [-0.4, -0.2) is 45.5 Å². The number of guanidine groups is 1. The Hall–Kier alpha value is -1.29. The number of aromatic nitrogens is 3. The number of nitrogens with zero attached hydrogens (tertiary/aromatic N) is 5. The summed E-state index contributed by atoms with van der Waals surface area (Å²) in [6.45, 7) is 4.21. The normalized spacial score (nSPS) is 11.1. The van der Waals surface area contributed by atoms with Crippen molar-refractivity contribution in [1.29, 1.82) is 0 Å². The second-order valence-corrected chi connectivity index (χ2v) is 6.11. The van der Waals surface area contributed by atoms with Gasteiger partial charge in [-0.05, 0) is 30.9 Å². The maximum Gasteiger partial charge on any atom is 0.194 e. The minimum Gasteiger partial charge on any atom is -0.357 e. The molecule has 1 aromatic heterocycles. The Bertz CT molecular complexity index is 640. The molecule has 8 heteroatoms. The number of thioether (sulfide) groups is 1. The molecule has 0 atom stereocenters. The largest absolute Gasteiger partial charge is 0.357 e. The van der Waals surface area contributed by atoms with Crippen LogP contribution in [0.3, 0.4) is 0 Å². The number of hydrogen-bond donors (Lipinski definition) is 1. The first-order valence-electron chi connectivity index (χ1n) is 7.59. The van der Waals surface area contributed by atoms with Crippen LogP contribution in [0, 0.1) is 0 Å². The summed E-state index contributed by atoms with van der Waals surface area (Å²) in [5, 5.41) is 11.3. The predicted molar refractivity (Wildman–Crippen MR) is 111 cm³/mol. The lowest BCUT2D eigenvalue weighted by atomic mass is 10.2. The molecule has 2 rings (SSSR count). The molecule has 0 saturated heterocycles. The molecule has 0 aliphatic heterocycles. The van der Waals surface area contributed by atoms with E-state index in [1.54, 1.807) is 18.1 Å². The minimum atomic E-state index is 0. The molecule has 1 aromatic carbocycles. The maximum atomic E-state index is 4.65. The van der Waals surface area contributed by atoms with Gasteiger partial charge in [-0.25, -0.2) is 4.99 Å². The van der Waals surface area contributed by atoms with Crippen molar-refractivity contribution in [2.24, 2.45) is 12.0 Å². The molecule has 0 bridgehead atoms. The molecule has 1 heterocycles. The molecule has 0 fully saturated rings. The van der Waals surface area contributed by atoms with Gasteiger partial charge in [-0.15, -0.1) is 45.9 Å². The fourth-order valence-corrected chi connectivity index (χ4v) is 2.55. The predicted octanol–water partition coefficient (Wildman–Crippen LogP) is 2.75. The first-order chi connectivity index (χ1) is 11.1. The van der Waals surface area contributed by atoms with Crippen LogP contribution in [0.1, 0.15) is 18.3 Å². The summed E-state index contributed by atoms with van der Waals surface area (Å²) in [5.74, 6) is 1.71. The van der Waals surface area contributed by atoms with Crippen molar-refractivity contribution >= 4 is 41.7 Å². The van der Waals surface area contributed by atoms with Crippen LogP contribution in [0.5, 0.6) is 0 Å². The first kappa shape index (κ1) is 20.8. The number of hydrogen-bond acceptors (Lipinski definition) is 4. The number of halogens is 1. The van der Waals surface area contributed by atoms with Crippen LogP contribution >= 0.6 is 35.7 Å². The molecule has 0 aliphatic rings. The van der Waals surface area contributed by atoms with Gasteiger partial charge in [0.1, 0.15) is 12.9 Å². The molecule has 2 aromatic rings. The summed E-state index contributed by atoms with van der Waals surface area (Å²) >= 11 is 1.75. The van der Waals surface area contributed by atoms with E-state index < -0.39 is 0 Å². The van der Waals surface area contributed by atoms with E-state index in [0.717, 1.165) is 24.9 Å². The van der Waals surface area contributed by atoms with Crippen LogP contribution in [0.25, 0.3) is 0 Å². The van der Waals surface area contributed by atoms with Gasteiger partial charge in [0.25, 0.3) is 0 Å². The highest BCUT2D eigenvalue weighted by Gasteiger charge is 2.08. The third-order valence-corrected chi connectivity index (χ3v) is 4.19. The molecule has 0 aliphatic carbocycles. The Morgan fingerprint density at radius 2 is 2.04 bits per heavy atom. The molecule has 24 heavy (non-hydrogen) atoms. The summed E-state index contributed by atoms with van der Waals surface area (Å²) in [5.41, 5.74) is 1.26. The highest BCUT2D eigenvalue weighted by Crippen LogP contribution is 2.15. The van der Waals surface area contributed by atoms with Gasteiger partial charge in [0, 0.05) is 32.1 Å². The monoisotopic (exact) mass is 460 g/mol. The molecular formula is C16H25IN6S. The SMILES string of the molecule is CCNC(=NCc1nncn1C)N(C)Cc1ccc(SC)cc1.I. The lowest BCUT2D eigenvalue weighted by molar-refractivity contribution is 0.476. The zero-order chi connectivity index (χ0) is 16.7. The van der Waals surface area contributed by atoms with Crippen LogP contribution < -0.4 is 5.32 Å².